The molecule has 0 amide bonds. The van der Waals surface area contributed by atoms with Crippen LogP contribution in [-0.4, -0.2) is 37.8 Å². The van der Waals surface area contributed by atoms with E-state index in [1.54, 1.807) is 30.5 Å². The predicted octanol–water partition coefficient (Wildman–Crippen LogP) is 6.03. The molecule has 1 aliphatic heterocycles. The number of carbonyl (C=O) groups is 1. The molecule has 0 spiro atoms. The summed E-state index contributed by atoms with van der Waals surface area (Å²) in [6.45, 7) is 6.06. The summed E-state index contributed by atoms with van der Waals surface area (Å²) in [6, 6.07) is 9.24. The summed E-state index contributed by atoms with van der Waals surface area (Å²) in [5, 5.41) is 10.1. The van der Waals surface area contributed by atoms with E-state index in [0.29, 0.717) is 52.2 Å². The van der Waals surface area contributed by atoms with Gasteiger partial charge in [-0.1, -0.05) is 13.3 Å². The van der Waals surface area contributed by atoms with E-state index in [9.17, 15) is 18.5 Å². The third-order valence-electron chi connectivity index (χ3n) is 6.99. The van der Waals surface area contributed by atoms with E-state index in [4.69, 9.17) is 14.5 Å². The maximum atomic E-state index is 13.4. The normalized spacial score (nSPS) is 22.4. The van der Waals surface area contributed by atoms with Crippen molar-refractivity contribution in [1.29, 1.82) is 5.26 Å². The molecule has 1 aromatic carbocycles. The second kappa shape index (κ2) is 11.5. The van der Waals surface area contributed by atoms with E-state index in [2.05, 4.69) is 33.9 Å². The number of Topliss-reactive ketones (excluding diaryl/α,β-unsaturated/α-hetero) is 1. The molecule has 1 N–H and O–H groups in total. The topological polar surface area (TPSA) is 122 Å². The van der Waals surface area contributed by atoms with Crippen LogP contribution in [0.1, 0.15) is 69.1 Å². The van der Waals surface area contributed by atoms with E-state index in [1.165, 1.54) is 0 Å². The molecule has 0 fully saturated rings. The summed E-state index contributed by atoms with van der Waals surface area (Å²) in [7, 11) is -3.66. The average molecular weight is 603 g/mol. The van der Waals surface area contributed by atoms with Gasteiger partial charge in [-0.3, -0.25) is 9.79 Å². The molecule has 2 aliphatic rings. The van der Waals surface area contributed by atoms with Gasteiger partial charge in [0.15, 0.2) is 27.1 Å². The smallest absolute Gasteiger partial charge is 0.238 e. The molecule has 0 radical (unpaired) electrons. The molecule has 0 saturated heterocycles. The number of rotatable bonds is 9. The Morgan fingerprint density at radius 1 is 1.29 bits per heavy atom. The van der Waals surface area contributed by atoms with Crippen LogP contribution in [0.15, 0.2) is 51.2 Å². The highest BCUT2D eigenvalue weighted by atomic mass is 79.9. The fourth-order valence-electron chi connectivity index (χ4n) is 5.40. The van der Waals surface area contributed by atoms with Gasteiger partial charge in [-0.05, 0) is 78.4 Å². The number of aromatic nitrogens is 1. The number of aromatic amines is 1. The van der Waals surface area contributed by atoms with Crippen molar-refractivity contribution in [1.82, 2.24) is 4.98 Å². The van der Waals surface area contributed by atoms with Crippen molar-refractivity contribution in [2.45, 2.75) is 57.8 Å². The van der Waals surface area contributed by atoms with Crippen molar-refractivity contribution in [2.24, 2.45) is 16.8 Å². The molecule has 4 rings (SSSR count). The van der Waals surface area contributed by atoms with Crippen molar-refractivity contribution >= 4 is 37.3 Å². The maximum absolute atomic E-state index is 13.4. The molecule has 202 valence electrons. The number of halogens is 1. The lowest BCUT2D eigenvalue weighted by Crippen LogP contribution is -2.32. The number of aliphatic imine (C=N–C) groups is 1. The number of ketones is 1. The van der Waals surface area contributed by atoms with Gasteiger partial charge in [-0.25, -0.2) is 8.42 Å². The molecule has 0 saturated carbocycles. The maximum Gasteiger partial charge on any atom is 0.238 e. The quantitative estimate of drug-likeness (QED) is 0.374. The Morgan fingerprint density at radius 3 is 2.66 bits per heavy atom. The highest BCUT2D eigenvalue weighted by Crippen LogP contribution is 2.48. The Kier molecular flexibility index (Phi) is 8.48. The Bertz CT molecular complexity index is 1420. The van der Waals surface area contributed by atoms with Crippen LogP contribution in [0.3, 0.4) is 0 Å². The van der Waals surface area contributed by atoms with Gasteiger partial charge >= 0.3 is 0 Å². The number of hydrogen-bond donors (Lipinski definition) is 1. The third-order valence-corrected chi connectivity index (χ3v) is 8.71. The molecule has 1 aliphatic carbocycles. The minimum absolute atomic E-state index is 0.0319. The number of nitrogens with one attached hydrogen (secondary N) is 1. The minimum Gasteiger partial charge on any atom is -0.490 e. The summed E-state index contributed by atoms with van der Waals surface area (Å²) < 4.78 is 37.7. The van der Waals surface area contributed by atoms with Gasteiger partial charge in [0.2, 0.25) is 5.44 Å². The number of allylic oxidation sites excluding steroid dienone is 2. The Labute approximate surface area is 232 Å². The first-order valence-corrected chi connectivity index (χ1v) is 15.5. The first kappa shape index (κ1) is 28.1. The molecule has 4 atom stereocenters. The van der Waals surface area contributed by atoms with Crippen LogP contribution in [0.4, 0.5) is 0 Å². The lowest BCUT2D eigenvalue weighted by atomic mass is 9.70. The molecule has 1 aromatic heterocycles. The highest BCUT2D eigenvalue weighted by molar-refractivity contribution is 9.10. The number of hydrogen-bond acceptors (Lipinski definition) is 7. The first-order chi connectivity index (χ1) is 18.1. The van der Waals surface area contributed by atoms with E-state index < -0.39 is 27.1 Å². The number of sulfone groups is 1. The van der Waals surface area contributed by atoms with Gasteiger partial charge in [-0.15, -0.1) is 0 Å². The summed E-state index contributed by atoms with van der Waals surface area (Å²) in [5.74, 6) is -0.294. The minimum atomic E-state index is -3.66. The predicted molar refractivity (Wildman–Crippen MR) is 149 cm³/mol. The Morgan fingerprint density at radius 2 is 2.05 bits per heavy atom. The molecular weight excluding hydrogens is 570 g/mol. The zero-order valence-electron chi connectivity index (χ0n) is 22.0. The van der Waals surface area contributed by atoms with Gasteiger partial charge in [-0.2, -0.15) is 5.26 Å². The largest absolute Gasteiger partial charge is 0.490 e. The number of nitriles is 1. The lowest BCUT2D eigenvalue weighted by molar-refractivity contribution is -0.117. The number of H-pyrrole nitrogens is 1. The van der Waals surface area contributed by atoms with Crippen molar-refractivity contribution in [3.63, 3.8) is 0 Å². The monoisotopic (exact) mass is 601 g/mol. The van der Waals surface area contributed by atoms with Gasteiger partial charge in [0.1, 0.15) is 0 Å². The van der Waals surface area contributed by atoms with E-state index in [1.807, 2.05) is 13.8 Å². The van der Waals surface area contributed by atoms with E-state index in [0.717, 1.165) is 24.8 Å². The molecule has 4 unspecified atom stereocenters. The van der Waals surface area contributed by atoms with Crippen molar-refractivity contribution in [3.05, 3.63) is 57.5 Å². The molecule has 10 heteroatoms. The zero-order chi connectivity index (χ0) is 27.6. The molecule has 2 aromatic rings. The van der Waals surface area contributed by atoms with Crippen LogP contribution in [-0.2, 0) is 14.6 Å². The Balaban J connectivity index is 1.82. The van der Waals surface area contributed by atoms with Crippen LogP contribution < -0.4 is 9.47 Å². The number of carbonyl (C=O) groups excluding carboxylic acids is 1. The molecule has 0 bridgehead atoms. The fourth-order valence-corrected chi connectivity index (χ4v) is 6.83. The summed E-state index contributed by atoms with van der Waals surface area (Å²) in [4.78, 5) is 21.1. The SMILES string of the molecule is CCCC1CC(=O)C2=C(C1)N=C(C)C(C#N)C2c1cc(Br)c(OC(c2ccc[nH]2)S(C)(=O)=O)c(OCC)c1. The van der Waals surface area contributed by atoms with Gasteiger partial charge in [0.05, 0.1) is 28.8 Å². The van der Waals surface area contributed by atoms with Crippen LogP contribution in [0.2, 0.25) is 0 Å². The van der Waals surface area contributed by atoms with Crippen molar-refractivity contribution < 1.29 is 22.7 Å². The van der Waals surface area contributed by atoms with Crippen LogP contribution in [0, 0.1) is 23.2 Å². The lowest BCUT2D eigenvalue weighted by Gasteiger charge is -2.35. The summed E-state index contributed by atoms with van der Waals surface area (Å²) >= 11 is 3.56. The zero-order valence-corrected chi connectivity index (χ0v) is 24.4. The fraction of sp³-hybridized carbons (Fsp3) is 0.464. The summed E-state index contributed by atoms with van der Waals surface area (Å²) in [5.41, 5.74) is 1.86. The van der Waals surface area contributed by atoms with Crippen molar-refractivity contribution in [2.75, 3.05) is 12.9 Å². The van der Waals surface area contributed by atoms with Crippen molar-refractivity contribution in [3.8, 4) is 17.6 Å². The van der Waals surface area contributed by atoms with Gasteiger partial charge < -0.3 is 14.5 Å². The average Bonchev–Trinajstić information content (AvgIpc) is 3.36. The second-order valence-corrected chi connectivity index (χ2v) is 12.8. The molecule has 2 heterocycles. The second-order valence-electron chi connectivity index (χ2n) is 9.85. The van der Waals surface area contributed by atoms with E-state index in [-0.39, 0.29) is 17.5 Å². The highest BCUT2D eigenvalue weighted by Gasteiger charge is 2.41. The van der Waals surface area contributed by atoms with Gasteiger partial charge in [0, 0.05) is 41.8 Å². The number of ether oxygens (including phenoxy) is 2. The van der Waals surface area contributed by atoms with Gasteiger partial charge in [0.25, 0.3) is 0 Å². The molecule has 8 nitrogen and oxygen atoms in total. The standard InChI is InChI=1S/C28H32BrN3O5S/c1-5-8-17-11-22-26(23(33)12-17)25(19(15-30)16(3)32-22)18-13-20(29)27(24(14-18)36-6-2)37-28(38(4,34)35)21-9-7-10-31-21/h7,9-10,13-14,17,19,25,28,31H,5-6,8,11-12H2,1-4H3. The van der Waals surface area contributed by atoms with Crippen LogP contribution >= 0.6 is 15.9 Å². The number of benzene rings is 1. The Hall–Kier alpha value is -2.90. The van der Waals surface area contributed by atoms with Crippen LogP contribution in [0.25, 0.3) is 0 Å². The molecular formula is C28H32BrN3O5S. The summed E-state index contributed by atoms with van der Waals surface area (Å²) in [6.07, 6.45) is 5.85. The van der Waals surface area contributed by atoms with E-state index >= 15 is 0 Å². The van der Waals surface area contributed by atoms with Crippen LogP contribution in [0.5, 0.6) is 11.5 Å². The first-order valence-electron chi connectivity index (χ1n) is 12.7. The number of nitrogens with zero attached hydrogens (tertiary/aromatic N) is 2. The third kappa shape index (κ3) is 5.59. The molecule has 38 heavy (non-hydrogen) atoms.